The van der Waals surface area contributed by atoms with E-state index >= 15 is 0 Å². The van der Waals surface area contributed by atoms with Gasteiger partial charge in [0, 0.05) is 41.2 Å². The molecule has 0 radical (unpaired) electrons. The molecule has 2 nitrogen and oxygen atoms in total. The lowest BCUT2D eigenvalue weighted by Crippen LogP contribution is -2.14. The molecule has 4 heteroatoms. The molecule has 10 rings (SSSR count). The van der Waals surface area contributed by atoms with Crippen LogP contribution in [-0.4, -0.2) is 9.97 Å². The van der Waals surface area contributed by atoms with Crippen LogP contribution < -0.4 is 0 Å². The molecule has 0 spiro atoms. The van der Waals surface area contributed by atoms with Crippen LogP contribution in [0.25, 0.3) is 85.1 Å². The van der Waals surface area contributed by atoms with Gasteiger partial charge in [-0.3, -0.25) is 0 Å². The van der Waals surface area contributed by atoms with Gasteiger partial charge < -0.3 is 0 Å². The Balaban J connectivity index is 1.11. The van der Waals surface area contributed by atoms with E-state index in [9.17, 15) is 0 Å². The van der Waals surface area contributed by atoms with Crippen LogP contribution >= 0.6 is 22.7 Å². The molecule has 3 aromatic heterocycles. The molecule has 222 valence electrons. The molecule has 0 fully saturated rings. The van der Waals surface area contributed by atoms with E-state index in [1.165, 1.54) is 22.3 Å². The summed E-state index contributed by atoms with van der Waals surface area (Å²) in [6.45, 7) is 4.58. The predicted molar refractivity (Wildman–Crippen MR) is 202 cm³/mol. The fraction of sp³-hybridized carbons (Fsp3) is 0.0698. The van der Waals surface area contributed by atoms with Gasteiger partial charge in [0.15, 0.2) is 0 Å². The summed E-state index contributed by atoms with van der Waals surface area (Å²) in [6.07, 6.45) is 1.58. The first-order chi connectivity index (χ1) is 26.0. The third kappa shape index (κ3) is 3.95. The monoisotopic (exact) mass is 643 g/mol. The minimum absolute atomic E-state index is 0.0984. The maximum absolute atomic E-state index is 9.00. The van der Waals surface area contributed by atoms with Crippen molar-refractivity contribution in [1.82, 2.24) is 9.97 Å². The lowest BCUT2D eigenvalue weighted by Gasteiger charge is -2.22. The van der Waals surface area contributed by atoms with Crippen LogP contribution in [0.15, 0.2) is 134 Å². The summed E-state index contributed by atoms with van der Waals surface area (Å²) in [6, 6.07) is 27.8. The zero-order chi connectivity index (χ0) is 37.4. The van der Waals surface area contributed by atoms with Crippen LogP contribution in [0.1, 0.15) is 34.6 Å². The van der Waals surface area contributed by atoms with Gasteiger partial charge in [-0.1, -0.05) is 111 Å². The second-order valence-electron chi connectivity index (χ2n) is 12.5. The molecule has 9 aromatic rings. The molecular formula is C43H28N2S2. The quantitative estimate of drug-likeness (QED) is 0.191. The number of rotatable bonds is 3. The van der Waals surface area contributed by atoms with Gasteiger partial charge in [0.25, 0.3) is 0 Å². The fourth-order valence-electron chi connectivity index (χ4n) is 7.20. The number of nitrogens with zero attached hydrogens (tertiary/aromatic N) is 2. The van der Waals surface area contributed by atoms with Gasteiger partial charge in [0.2, 0.25) is 0 Å². The molecule has 0 amide bonds. The minimum Gasteiger partial charge on any atom is -0.235 e. The van der Waals surface area contributed by atoms with E-state index in [2.05, 4.69) is 74.5 Å². The Bertz CT molecular complexity index is 3130. The predicted octanol–water partition coefficient (Wildman–Crippen LogP) is 12.5. The summed E-state index contributed by atoms with van der Waals surface area (Å²) < 4.78 is 63.0. The highest BCUT2D eigenvalue weighted by atomic mass is 32.1. The van der Waals surface area contributed by atoms with Gasteiger partial charge in [-0.15, -0.1) is 22.7 Å². The molecule has 0 unspecified atom stereocenters. The second kappa shape index (κ2) is 9.92. The molecule has 0 saturated heterocycles. The SMILES string of the molecule is [2H]c1c([2H])c([2H])c2c(sc3c(-c4cccc(-c5ncnc6c5sc5ccc(-c7ccc8c(c7)C(C)(C)c7ccccc7-8)cc56)c4)c([2H])c([2H])c([2H])c32)c1[2H]. The number of fused-ring (bicyclic) bond motifs is 9. The molecule has 0 N–H and O–H groups in total. The zero-order valence-corrected chi connectivity index (χ0v) is 27.0. The summed E-state index contributed by atoms with van der Waals surface area (Å²) in [5.74, 6) is 0. The van der Waals surface area contributed by atoms with Crippen molar-refractivity contribution in [2.75, 3.05) is 0 Å². The summed E-state index contributed by atoms with van der Waals surface area (Å²) in [7, 11) is 0. The maximum atomic E-state index is 9.00. The van der Waals surface area contributed by atoms with E-state index < -0.39 is 0 Å². The van der Waals surface area contributed by atoms with Crippen molar-refractivity contribution in [1.29, 1.82) is 0 Å². The molecule has 3 heterocycles. The first-order valence-electron chi connectivity index (χ1n) is 18.9. The first kappa shape index (κ1) is 20.9. The van der Waals surface area contributed by atoms with Gasteiger partial charge in [-0.05, 0) is 74.8 Å². The van der Waals surface area contributed by atoms with Crippen LogP contribution in [0.5, 0.6) is 0 Å². The summed E-state index contributed by atoms with van der Waals surface area (Å²) in [5.41, 5.74) is 10.9. The highest BCUT2D eigenvalue weighted by Crippen LogP contribution is 2.50. The van der Waals surface area contributed by atoms with E-state index in [4.69, 9.17) is 19.6 Å². The van der Waals surface area contributed by atoms with Crippen LogP contribution in [0.4, 0.5) is 0 Å². The standard InChI is InChI=1S/C43H28N2S2/c1-43(2)35-15-5-3-11-30(35)31-19-17-26(23-36(31)43)25-18-20-38-34(22-25)40-42(47-38)39(44-24-45-40)28-10-7-9-27(21-28)29-13-8-14-33-32-12-4-6-16-37(32)46-41(29)33/h3-24H,1-2H3/i4D,6D,8D,12D,13D,14D,16D. The van der Waals surface area contributed by atoms with Crippen LogP contribution in [0.3, 0.4) is 0 Å². The fourth-order valence-corrected chi connectivity index (χ4v) is 9.43. The van der Waals surface area contributed by atoms with E-state index in [0.29, 0.717) is 20.5 Å². The highest BCUT2D eigenvalue weighted by molar-refractivity contribution is 7.26. The Morgan fingerprint density at radius 2 is 1.34 bits per heavy atom. The molecule has 1 aliphatic rings. The Morgan fingerprint density at radius 3 is 2.30 bits per heavy atom. The summed E-state index contributed by atoms with van der Waals surface area (Å²) in [4.78, 5) is 9.52. The molecule has 1 aliphatic carbocycles. The highest BCUT2D eigenvalue weighted by Gasteiger charge is 2.35. The van der Waals surface area contributed by atoms with Crippen molar-refractivity contribution in [3.63, 3.8) is 0 Å². The topological polar surface area (TPSA) is 25.8 Å². The third-order valence-electron chi connectivity index (χ3n) is 9.53. The Labute approximate surface area is 290 Å². The molecule has 0 saturated carbocycles. The molecule has 0 atom stereocenters. The lowest BCUT2D eigenvalue weighted by atomic mass is 9.81. The molecule has 47 heavy (non-hydrogen) atoms. The normalized spacial score (nSPS) is 15.6. The van der Waals surface area contributed by atoms with E-state index in [0.717, 1.165) is 54.0 Å². The van der Waals surface area contributed by atoms with Crippen molar-refractivity contribution in [2.45, 2.75) is 19.3 Å². The lowest BCUT2D eigenvalue weighted by molar-refractivity contribution is 0.660. The minimum atomic E-state index is -0.387. The molecule has 6 aromatic carbocycles. The average Bonchev–Trinajstić information content (AvgIpc) is 3.84. The van der Waals surface area contributed by atoms with Crippen molar-refractivity contribution < 1.29 is 9.60 Å². The van der Waals surface area contributed by atoms with Crippen LogP contribution in [0, 0.1) is 0 Å². The van der Waals surface area contributed by atoms with Gasteiger partial charge in [0.1, 0.15) is 6.33 Å². The van der Waals surface area contributed by atoms with Crippen molar-refractivity contribution in [3.05, 3.63) is 145 Å². The van der Waals surface area contributed by atoms with Gasteiger partial charge in [0.05, 0.1) is 25.5 Å². The molecule has 0 bridgehead atoms. The molecular weight excluding hydrogens is 609 g/mol. The number of hydrogen-bond donors (Lipinski definition) is 0. The van der Waals surface area contributed by atoms with E-state index in [1.807, 2.05) is 24.3 Å². The zero-order valence-electron chi connectivity index (χ0n) is 32.4. The first-order valence-corrected chi connectivity index (χ1v) is 17.0. The maximum Gasteiger partial charge on any atom is 0.116 e. The largest absolute Gasteiger partial charge is 0.235 e. The Hall–Kier alpha value is -5.16. The van der Waals surface area contributed by atoms with E-state index in [1.54, 1.807) is 17.7 Å². The van der Waals surface area contributed by atoms with E-state index in [-0.39, 0.29) is 58.5 Å². The summed E-state index contributed by atoms with van der Waals surface area (Å²) >= 11 is 2.76. The van der Waals surface area contributed by atoms with Crippen molar-refractivity contribution in [2.24, 2.45) is 0 Å². The molecule has 0 aliphatic heterocycles. The average molecular weight is 644 g/mol. The van der Waals surface area contributed by atoms with Crippen molar-refractivity contribution in [3.8, 4) is 44.6 Å². The van der Waals surface area contributed by atoms with Crippen LogP contribution in [0.2, 0.25) is 0 Å². The Morgan fingerprint density at radius 1 is 0.553 bits per heavy atom. The smallest absolute Gasteiger partial charge is 0.116 e. The third-order valence-corrected chi connectivity index (χ3v) is 11.8. The summed E-state index contributed by atoms with van der Waals surface area (Å²) in [5, 5.41) is 1.53. The number of hydrogen-bond acceptors (Lipinski definition) is 4. The van der Waals surface area contributed by atoms with Crippen molar-refractivity contribution >= 4 is 63.1 Å². The second-order valence-corrected chi connectivity index (χ2v) is 14.6. The van der Waals surface area contributed by atoms with Gasteiger partial charge >= 0.3 is 0 Å². The van der Waals surface area contributed by atoms with Crippen LogP contribution in [-0.2, 0) is 5.41 Å². The number of aromatic nitrogens is 2. The Kier molecular flexibility index (Phi) is 4.40. The van der Waals surface area contributed by atoms with Gasteiger partial charge in [-0.25, -0.2) is 9.97 Å². The van der Waals surface area contributed by atoms with Gasteiger partial charge in [-0.2, -0.15) is 0 Å². The number of benzene rings is 6. The number of thiophene rings is 2.